The molecule has 1 unspecified atom stereocenters. The molecule has 2 amide bonds. The van der Waals surface area contributed by atoms with Crippen LogP contribution in [-0.2, 0) is 11.2 Å². The first-order valence-corrected chi connectivity index (χ1v) is 9.26. The summed E-state index contributed by atoms with van der Waals surface area (Å²) in [7, 11) is 0. The summed E-state index contributed by atoms with van der Waals surface area (Å²) < 4.78 is 0. The van der Waals surface area contributed by atoms with E-state index in [1.807, 2.05) is 16.8 Å². The Bertz CT molecular complexity index is 673. The molecule has 1 fully saturated rings. The van der Waals surface area contributed by atoms with Gasteiger partial charge in [0.2, 0.25) is 5.91 Å². The monoisotopic (exact) mass is 422 g/mol. The van der Waals surface area contributed by atoms with Gasteiger partial charge >= 0.3 is 0 Å². The highest BCUT2D eigenvalue weighted by molar-refractivity contribution is 7.14. The number of halogens is 2. The SMILES string of the molecule is Cl.Cl.O=C(Cc1csc(NC(=O)c2cccs2)n1)NC1CCCNC1. The molecule has 10 heteroatoms. The molecule has 2 aromatic heterocycles. The van der Waals surface area contributed by atoms with Crippen molar-refractivity contribution in [2.45, 2.75) is 25.3 Å². The number of thiophene rings is 1. The number of nitrogens with zero attached hydrogens (tertiary/aromatic N) is 1. The van der Waals surface area contributed by atoms with Gasteiger partial charge in [-0.25, -0.2) is 4.98 Å². The van der Waals surface area contributed by atoms with E-state index in [2.05, 4.69) is 20.9 Å². The highest BCUT2D eigenvalue weighted by atomic mass is 35.5. The number of hydrogen-bond donors (Lipinski definition) is 3. The van der Waals surface area contributed by atoms with Crippen molar-refractivity contribution in [2.24, 2.45) is 0 Å². The Morgan fingerprint density at radius 1 is 1.32 bits per heavy atom. The second-order valence-corrected chi connectivity index (χ2v) is 7.17. The van der Waals surface area contributed by atoms with Crippen molar-refractivity contribution < 1.29 is 9.59 Å². The molecule has 1 aliphatic rings. The van der Waals surface area contributed by atoms with E-state index in [0.29, 0.717) is 15.7 Å². The van der Waals surface area contributed by atoms with E-state index in [1.165, 1.54) is 22.7 Å². The minimum Gasteiger partial charge on any atom is -0.352 e. The van der Waals surface area contributed by atoms with Crippen molar-refractivity contribution in [1.82, 2.24) is 15.6 Å². The van der Waals surface area contributed by atoms with E-state index < -0.39 is 0 Å². The second-order valence-electron chi connectivity index (χ2n) is 5.36. The number of nitrogens with one attached hydrogen (secondary N) is 3. The van der Waals surface area contributed by atoms with Gasteiger partial charge in [0.25, 0.3) is 5.91 Å². The van der Waals surface area contributed by atoms with Gasteiger partial charge in [-0.3, -0.25) is 14.9 Å². The number of hydrogen-bond acceptors (Lipinski definition) is 6. The summed E-state index contributed by atoms with van der Waals surface area (Å²) in [5.74, 6) is -0.196. The fourth-order valence-electron chi connectivity index (χ4n) is 2.43. The van der Waals surface area contributed by atoms with Crippen LogP contribution in [-0.4, -0.2) is 35.9 Å². The van der Waals surface area contributed by atoms with Crippen molar-refractivity contribution in [3.8, 4) is 0 Å². The third-order valence-electron chi connectivity index (χ3n) is 3.52. The van der Waals surface area contributed by atoms with Gasteiger partial charge in [-0.15, -0.1) is 47.5 Å². The summed E-state index contributed by atoms with van der Waals surface area (Å²) in [6.45, 7) is 1.84. The quantitative estimate of drug-likeness (QED) is 0.691. The predicted molar refractivity (Wildman–Crippen MR) is 107 cm³/mol. The first-order chi connectivity index (χ1) is 11.2. The maximum Gasteiger partial charge on any atom is 0.267 e. The fraction of sp³-hybridized carbons (Fsp3) is 0.400. The number of carbonyl (C=O) groups is 2. The van der Waals surface area contributed by atoms with Crippen LogP contribution in [0.1, 0.15) is 28.2 Å². The number of amides is 2. The Kier molecular flexibility index (Phi) is 9.37. The van der Waals surface area contributed by atoms with Gasteiger partial charge in [0.05, 0.1) is 17.0 Å². The molecule has 25 heavy (non-hydrogen) atoms. The van der Waals surface area contributed by atoms with Crippen molar-refractivity contribution in [2.75, 3.05) is 18.4 Å². The molecule has 0 aliphatic carbocycles. The fourth-order valence-corrected chi connectivity index (χ4v) is 3.75. The van der Waals surface area contributed by atoms with Crippen LogP contribution in [0.5, 0.6) is 0 Å². The van der Waals surface area contributed by atoms with Crippen LogP contribution in [0, 0.1) is 0 Å². The molecule has 3 heterocycles. The predicted octanol–water partition coefficient (Wildman–Crippen LogP) is 2.71. The molecule has 138 valence electrons. The molecule has 0 aromatic carbocycles. The molecule has 0 radical (unpaired) electrons. The highest BCUT2D eigenvalue weighted by Gasteiger charge is 2.16. The zero-order chi connectivity index (χ0) is 16.1. The normalized spacial score (nSPS) is 16.2. The van der Waals surface area contributed by atoms with Crippen molar-refractivity contribution in [3.05, 3.63) is 33.5 Å². The molecule has 6 nitrogen and oxygen atoms in total. The molecule has 0 spiro atoms. The first-order valence-electron chi connectivity index (χ1n) is 7.50. The zero-order valence-corrected chi connectivity index (χ0v) is 16.6. The molecule has 3 rings (SSSR count). The van der Waals surface area contributed by atoms with E-state index in [1.54, 1.807) is 6.07 Å². The van der Waals surface area contributed by atoms with Crippen molar-refractivity contribution in [3.63, 3.8) is 0 Å². The molecule has 1 saturated heterocycles. The minimum absolute atomic E-state index is 0. The lowest BCUT2D eigenvalue weighted by atomic mass is 10.1. The molecule has 1 atom stereocenters. The minimum atomic E-state index is -0.168. The number of piperidine rings is 1. The van der Waals surface area contributed by atoms with Crippen LogP contribution in [0.15, 0.2) is 22.9 Å². The van der Waals surface area contributed by atoms with Crippen LogP contribution in [0.25, 0.3) is 0 Å². The van der Waals surface area contributed by atoms with Gasteiger partial charge < -0.3 is 10.6 Å². The smallest absolute Gasteiger partial charge is 0.267 e. The Morgan fingerprint density at radius 3 is 2.84 bits per heavy atom. The van der Waals surface area contributed by atoms with Crippen LogP contribution < -0.4 is 16.0 Å². The molecule has 1 aliphatic heterocycles. The summed E-state index contributed by atoms with van der Waals surface area (Å²) in [4.78, 5) is 28.9. The van der Waals surface area contributed by atoms with E-state index in [-0.39, 0.29) is 49.1 Å². The van der Waals surface area contributed by atoms with Crippen LogP contribution in [0.4, 0.5) is 5.13 Å². The van der Waals surface area contributed by atoms with Gasteiger partial charge in [-0.2, -0.15) is 0 Å². The van der Waals surface area contributed by atoms with Gasteiger partial charge in [0.15, 0.2) is 5.13 Å². The summed E-state index contributed by atoms with van der Waals surface area (Å²) in [5.41, 5.74) is 0.678. The first kappa shape index (κ1) is 21.9. The lowest BCUT2D eigenvalue weighted by molar-refractivity contribution is -0.121. The Hall–Kier alpha value is -1.19. The van der Waals surface area contributed by atoms with Crippen LogP contribution in [0.3, 0.4) is 0 Å². The maximum absolute atomic E-state index is 12.0. The Balaban J connectivity index is 0.00000156. The lowest BCUT2D eigenvalue weighted by Crippen LogP contribution is -2.46. The number of aromatic nitrogens is 1. The number of carbonyl (C=O) groups excluding carboxylic acids is 2. The number of thiazole rings is 1. The van der Waals surface area contributed by atoms with Gasteiger partial charge in [-0.05, 0) is 30.8 Å². The maximum atomic E-state index is 12.0. The molecular formula is C15H20Cl2N4O2S2. The molecule has 0 saturated carbocycles. The van der Waals surface area contributed by atoms with Gasteiger partial charge in [-0.1, -0.05) is 6.07 Å². The Labute approximate surface area is 166 Å². The second kappa shape index (κ2) is 10.7. The highest BCUT2D eigenvalue weighted by Crippen LogP contribution is 2.18. The van der Waals surface area contributed by atoms with E-state index in [4.69, 9.17) is 0 Å². The summed E-state index contributed by atoms with van der Waals surface area (Å²) >= 11 is 2.71. The van der Waals surface area contributed by atoms with Gasteiger partial charge in [0, 0.05) is 18.0 Å². The average molecular weight is 423 g/mol. The van der Waals surface area contributed by atoms with Gasteiger partial charge in [0.1, 0.15) is 0 Å². The topological polar surface area (TPSA) is 83.1 Å². The van der Waals surface area contributed by atoms with E-state index >= 15 is 0 Å². The van der Waals surface area contributed by atoms with E-state index in [9.17, 15) is 9.59 Å². The number of rotatable bonds is 5. The standard InChI is InChI=1S/C15H18N4O2S2.2ClH/c20-13(17-10-3-1-5-16-8-10)7-11-9-23-15(18-11)19-14(21)12-4-2-6-22-12;;/h2,4,6,9-10,16H,1,3,5,7-8H2,(H,17,20)(H,18,19,21);2*1H. The number of anilines is 1. The van der Waals surface area contributed by atoms with Crippen molar-refractivity contribution in [1.29, 1.82) is 0 Å². The van der Waals surface area contributed by atoms with E-state index in [0.717, 1.165) is 25.9 Å². The zero-order valence-electron chi connectivity index (χ0n) is 13.3. The summed E-state index contributed by atoms with van der Waals surface area (Å²) in [6, 6.07) is 3.80. The third-order valence-corrected chi connectivity index (χ3v) is 5.20. The third kappa shape index (κ3) is 6.56. The Morgan fingerprint density at radius 2 is 2.16 bits per heavy atom. The lowest BCUT2D eigenvalue weighted by Gasteiger charge is -2.23. The van der Waals surface area contributed by atoms with Crippen molar-refractivity contribution >= 4 is 64.4 Å². The van der Waals surface area contributed by atoms with Crippen LogP contribution >= 0.6 is 47.5 Å². The molecule has 3 N–H and O–H groups in total. The molecular weight excluding hydrogens is 403 g/mol. The summed E-state index contributed by atoms with van der Waals surface area (Å²) in [5, 5.41) is 13.2. The average Bonchev–Trinajstić information content (AvgIpc) is 3.20. The largest absolute Gasteiger partial charge is 0.352 e. The molecule has 2 aromatic rings. The summed E-state index contributed by atoms with van der Waals surface area (Å²) in [6.07, 6.45) is 2.33. The molecule has 0 bridgehead atoms. The van der Waals surface area contributed by atoms with Crippen LogP contribution in [0.2, 0.25) is 0 Å².